The number of likely N-dealkylation sites (N-methyl/N-ethyl adjacent to an activating group) is 2. The second-order valence-electron chi connectivity index (χ2n) is 6.88. The molecule has 0 atom stereocenters. The summed E-state index contributed by atoms with van der Waals surface area (Å²) >= 11 is 0. The molecule has 0 bridgehead atoms. The van der Waals surface area contributed by atoms with Gasteiger partial charge >= 0.3 is 0 Å². The number of carbonyl (C=O) groups is 1. The third kappa shape index (κ3) is 3.12. The molecule has 3 rings (SSSR count). The van der Waals surface area contributed by atoms with Gasteiger partial charge in [-0.1, -0.05) is 6.07 Å². The van der Waals surface area contributed by atoms with Gasteiger partial charge in [-0.2, -0.15) is 0 Å². The average Bonchev–Trinajstić information content (AvgIpc) is 2.55. The molecule has 0 saturated carbocycles. The van der Waals surface area contributed by atoms with Crippen molar-refractivity contribution in [1.29, 1.82) is 0 Å². The SMILES string of the molecule is CCN1CCN(C)C2(CCN(Cc3cccc(C)n3)CC2)C1=O. The van der Waals surface area contributed by atoms with E-state index in [1.807, 2.05) is 17.9 Å². The Labute approximate surface area is 139 Å². The van der Waals surface area contributed by atoms with E-state index >= 15 is 0 Å². The van der Waals surface area contributed by atoms with Crippen molar-refractivity contribution in [2.45, 2.75) is 38.8 Å². The lowest BCUT2D eigenvalue weighted by molar-refractivity contribution is -0.154. The predicted molar refractivity (Wildman–Crippen MR) is 91.1 cm³/mol. The number of pyridine rings is 1. The second kappa shape index (κ2) is 6.57. The van der Waals surface area contributed by atoms with Crippen LogP contribution >= 0.6 is 0 Å². The van der Waals surface area contributed by atoms with E-state index in [9.17, 15) is 4.79 Å². The highest BCUT2D eigenvalue weighted by Gasteiger charge is 2.48. The molecule has 1 amide bonds. The maximum Gasteiger partial charge on any atom is 0.243 e. The third-order valence-corrected chi connectivity index (χ3v) is 5.52. The summed E-state index contributed by atoms with van der Waals surface area (Å²) in [7, 11) is 2.11. The van der Waals surface area contributed by atoms with Crippen molar-refractivity contribution in [1.82, 2.24) is 19.7 Å². The smallest absolute Gasteiger partial charge is 0.243 e. The van der Waals surface area contributed by atoms with Crippen molar-refractivity contribution in [2.24, 2.45) is 0 Å². The minimum atomic E-state index is -0.273. The lowest BCUT2D eigenvalue weighted by Crippen LogP contribution is -2.67. The molecule has 2 aliphatic rings. The summed E-state index contributed by atoms with van der Waals surface area (Å²) in [6.45, 7) is 9.59. The van der Waals surface area contributed by atoms with E-state index < -0.39 is 0 Å². The van der Waals surface area contributed by atoms with Crippen LogP contribution in [-0.2, 0) is 11.3 Å². The maximum absolute atomic E-state index is 12.9. The molecule has 3 heterocycles. The number of rotatable bonds is 3. The van der Waals surface area contributed by atoms with Crippen LogP contribution in [0.3, 0.4) is 0 Å². The number of hydrogen-bond donors (Lipinski definition) is 0. The highest BCUT2D eigenvalue weighted by molar-refractivity contribution is 5.87. The normalized spacial score (nSPS) is 22.7. The molecular weight excluding hydrogens is 288 g/mol. The van der Waals surface area contributed by atoms with Gasteiger partial charge in [0.15, 0.2) is 0 Å². The van der Waals surface area contributed by atoms with Crippen molar-refractivity contribution in [2.75, 3.05) is 39.8 Å². The molecule has 1 spiro atoms. The number of amides is 1. The summed E-state index contributed by atoms with van der Waals surface area (Å²) in [5, 5.41) is 0. The molecule has 2 saturated heterocycles. The second-order valence-corrected chi connectivity index (χ2v) is 6.88. The monoisotopic (exact) mass is 316 g/mol. The fourth-order valence-electron chi connectivity index (χ4n) is 3.94. The first-order valence-corrected chi connectivity index (χ1v) is 8.70. The maximum atomic E-state index is 12.9. The minimum Gasteiger partial charge on any atom is -0.340 e. The van der Waals surface area contributed by atoms with E-state index in [-0.39, 0.29) is 5.54 Å². The number of aryl methyl sites for hydroxylation is 1. The standard InChI is InChI=1S/C18H28N4O/c1-4-22-13-12-20(3)18(17(22)23)8-10-21(11-9-18)14-16-7-5-6-15(2)19-16/h5-7H,4,8-14H2,1-3H3. The number of piperidine rings is 1. The van der Waals surface area contributed by atoms with Crippen LogP contribution < -0.4 is 0 Å². The van der Waals surface area contributed by atoms with Crippen LogP contribution in [0.2, 0.25) is 0 Å². The molecule has 2 fully saturated rings. The van der Waals surface area contributed by atoms with Crippen LogP contribution in [0.5, 0.6) is 0 Å². The summed E-state index contributed by atoms with van der Waals surface area (Å²) in [4.78, 5) is 24.3. The lowest BCUT2D eigenvalue weighted by atomic mass is 9.82. The fourth-order valence-corrected chi connectivity index (χ4v) is 3.94. The first-order valence-electron chi connectivity index (χ1n) is 8.70. The molecule has 0 aliphatic carbocycles. The van der Waals surface area contributed by atoms with Crippen molar-refractivity contribution in [3.8, 4) is 0 Å². The van der Waals surface area contributed by atoms with E-state index in [4.69, 9.17) is 0 Å². The van der Waals surface area contributed by atoms with Gasteiger partial charge < -0.3 is 4.90 Å². The highest BCUT2D eigenvalue weighted by Crippen LogP contribution is 2.33. The minimum absolute atomic E-state index is 0.273. The molecule has 1 aromatic heterocycles. The zero-order chi connectivity index (χ0) is 16.4. The van der Waals surface area contributed by atoms with Gasteiger partial charge in [0.1, 0.15) is 5.54 Å². The van der Waals surface area contributed by atoms with Crippen molar-refractivity contribution in [3.63, 3.8) is 0 Å². The van der Waals surface area contributed by atoms with Crippen LogP contribution in [0, 0.1) is 6.92 Å². The highest BCUT2D eigenvalue weighted by atomic mass is 16.2. The van der Waals surface area contributed by atoms with Crippen molar-refractivity contribution in [3.05, 3.63) is 29.6 Å². The number of aromatic nitrogens is 1. The number of piperazine rings is 1. The Hall–Kier alpha value is -1.46. The molecule has 23 heavy (non-hydrogen) atoms. The summed E-state index contributed by atoms with van der Waals surface area (Å²) in [6.07, 6.45) is 1.84. The van der Waals surface area contributed by atoms with Gasteiger partial charge in [-0.3, -0.25) is 19.6 Å². The van der Waals surface area contributed by atoms with Gasteiger partial charge in [-0.15, -0.1) is 0 Å². The van der Waals surface area contributed by atoms with Crippen LogP contribution in [0.4, 0.5) is 0 Å². The Kier molecular flexibility index (Phi) is 4.69. The van der Waals surface area contributed by atoms with Crippen LogP contribution in [0.1, 0.15) is 31.2 Å². The van der Waals surface area contributed by atoms with Gasteiger partial charge in [0.05, 0.1) is 5.69 Å². The number of nitrogens with zero attached hydrogens (tertiary/aromatic N) is 4. The quantitative estimate of drug-likeness (QED) is 0.848. The Morgan fingerprint density at radius 3 is 2.57 bits per heavy atom. The molecule has 5 heteroatoms. The molecule has 0 unspecified atom stereocenters. The molecule has 0 N–H and O–H groups in total. The number of carbonyl (C=O) groups excluding carboxylic acids is 1. The largest absolute Gasteiger partial charge is 0.340 e. The molecular formula is C18H28N4O. The molecule has 1 aromatic rings. The Morgan fingerprint density at radius 1 is 1.17 bits per heavy atom. The zero-order valence-corrected chi connectivity index (χ0v) is 14.6. The van der Waals surface area contributed by atoms with Crippen LogP contribution in [0.15, 0.2) is 18.2 Å². The number of hydrogen-bond acceptors (Lipinski definition) is 4. The van der Waals surface area contributed by atoms with Gasteiger partial charge in [-0.05, 0) is 45.9 Å². The van der Waals surface area contributed by atoms with E-state index in [1.54, 1.807) is 0 Å². The average molecular weight is 316 g/mol. The molecule has 2 aliphatic heterocycles. The molecule has 5 nitrogen and oxygen atoms in total. The lowest BCUT2D eigenvalue weighted by Gasteiger charge is -2.51. The Morgan fingerprint density at radius 2 is 1.91 bits per heavy atom. The fraction of sp³-hybridized carbons (Fsp3) is 0.667. The zero-order valence-electron chi connectivity index (χ0n) is 14.6. The number of likely N-dealkylation sites (tertiary alicyclic amines) is 1. The Bertz CT molecular complexity index is 566. The van der Waals surface area contributed by atoms with Crippen LogP contribution in [-0.4, -0.2) is 70.9 Å². The third-order valence-electron chi connectivity index (χ3n) is 5.52. The van der Waals surface area contributed by atoms with Crippen LogP contribution in [0.25, 0.3) is 0 Å². The first-order chi connectivity index (χ1) is 11.0. The summed E-state index contributed by atoms with van der Waals surface area (Å²) < 4.78 is 0. The van der Waals surface area contributed by atoms with Crippen molar-refractivity contribution < 1.29 is 4.79 Å². The topological polar surface area (TPSA) is 39.7 Å². The van der Waals surface area contributed by atoms with E-state index in [0.29, 0.717) is 5.91 Å². The van der Waals surface area contributed by atoms with Gasteiger partial charge in [0.25, 0.3) is 0 Å². The Balaban J connectivity index is 1.66. The summed E-state index contributed by atoms with van der Waals surface area (Å²) in [5.41, 5.74) is 1.92. The van der Waals surface area contributed by atoms with Crippen molar-refractivity contribution >= 4 is 5.91 Å². The molecule has 126 valence electrons. The van der Waals surface area contributed by atoms with E-state index in [1.165, 1.54) is 0 Å². The first kappa shape index (κ1) is 16.4. The summed E-state index contributed by atoms with van der Waals surface area (Å²) in [5.74, 6) is 0.335. The van der Waals surface area contributed by atoms with Gasteiger partial charge in [-0.25, -0.2) is 0 Å². The van der Waals surface area contributed by atoms with E-state index in [0.717, 1.165) is 63.5 Å². The molecule has 0 aromatic carbocycles. The van der Waals surface area contributed by atoms with Gasteiger partial charge in [0, 0.05) is 45.0 Å². The van der Waals surface area contributed by atoms with E-state index in [2.05, 4.69) is 40.9 Å². The predicted octanol–water partition coefficient (Wildman–Crippen LogP) is 1.52. The molecule has 0 radical (unpaired) electrons. The van der Waals surface area contributed by atoms with Gasteiger partial charge in [0.2, 0.25) is 5.91 Å². The summed E-state index contributed by atoms with van der Waals surface area (Å²) in [6, 6.07) is 6.19.